The number of hydrogen-bond donors (Lipinski definition) is 0. The minimum Gasteiger partial charge on any atom is -0.342 e. The maximum absolute atomic E-state index is 12.9. The van der Waals surface area contributed by atoms with Crippen LogP contribution in [-0.2, 0) is 4.79 Å². The van der Waals surface area contributed by atoms with Crippen molar-refractivity contribution >= 4 is 11.9 Å². The van der Waals surface area contributed by atoms with Crippen molar-refractivity contribution in [1.82, 2.24) is 14.9 Å². The highest BCUT2D eigenvalue weighted by Gasteiger charge is 2.39. The minimum atomic E-state index is 0.201. The van der Waals surface area contributed by atoms with Crippen LogP contribution < -0.4 is 4.90 Å². The van der Waals surface area contributed by atoms with Crippen LogP contribution >= 0.6 is 0 Å². The summed E-state index contributed by atoms with van der Waals surface area (Å²) in [5.74, 6) is 2.98. The third-order valence-electron chi connectivity index (χ3n) is 6.18. The van der Waals surface area contributed by atoms with Gasteiger partial charge in [-0.15, -0.1) is 0 Å². The number of aryl methyl sites for hydroxylation is 1. The fraction of sp³-hybridized carbons (Fsp3) is 0.737. The van der Waals surface area contributed by atoms with Crippen LogP contribution in [0.25, 0.3) is 0 Å². The SMILES string of the molecule is Cc1cnc(N2CCC(C(=O)N3CC4CCCCC4C3)CC2)nc1. The monoisotopic (exact) mass is 328 g/mol. The Kier molecular flexibility index (Phi) is 4.42. The van der Waals surface area contributed by atoms with Crippen LogP contribution in [0.15, 0.2) is 12.4 Å². The lowest BCUT2D eigenvalue weighted by Gasteiger charge is -2.33. The largest absolute Gasteiger partial charge is 0.342 e. The number of aromatic nitrogens is 2. The molecule has 24 heavy (non-hydrogen) atoms. The highest BCUT2D eigenvalue weighted by Crippen LogP contribution is 2.37. The minimum absolute atomic E-state index is 0.201. The number of nitrogens with zero attached hydrogens (tertiary/aromatic N) is 4. The molecule has 130 valence electrons. The number of likely N-dealkylation sites (tertiary alicyclic amines) is 1. The number of hydrogen-bond acceptors (Lipinski definition) is 4. The molecule has 3 aliphatic rings. The summed E-state index contributed by atoms with van der Waals surface area (Å²) in [5, 5.41) is 0. The Balaban J connectivity index is 1.32. The number of piperidine rings is 1. The van der Waals surface area contributed by atoms with E-state index in [0.717, 1.165) is 62.4 Å². The summed E-state index contributed by atoms with van der Waals surface area (Å²) >= 11 is 0. The van der Waals surface area contributed by atoms with Crippen molar-refractivity contribution in [2.75, 3.05) is 31.1 Å². The molecule has 5 nitrogen and oxygen atoms in total. The highest BCUT2D eigenvalue weighted by molar-refractivity contribution is 5.79. The molecule has 0 aromatic carbocycles. The maximum atomic E-state index is 12.9. The van der Waals surface area contributed by atoms with Crippen LogP contribution in [0.4, 0.5) is 5.95 Å². The van der Waals surface area contributed by atoms with E-state index in [2.05, 4.69) is 19.8 Å². The average Bonchev–Trinajstić information content (AvgIpc) is 3.06. The number of amides is 1. The van der Waals surface area contributed by atoms with E-state index in [1.807, 2.05) is 19.3 Å². The quantitative estimate of drug-likeness (QED) is 0.837. The van der Waals surface area contributed by atoms with Gasteiger partial charge in [-0.05, 0) is 50.0 Å². The van der Waals surface area contributed by atoms with Gasteiger partial charge in [-0.3, -0.25) is 4.79 Å². The van der Waals surface area contributed by atoms with Gasteiger partial charge in [-0.2, -0.15) is 0 Å². The number of carbonyl (C=O) groups is 1. The maximum Gasteiger partial charge on any atom is 0.225 e. The van der Waals surface area contributed by atoms with Gasteiger partial charge in [0.1, 0.15) is 0 Å². The highest BCUT2D eigenvalue weighted by atomic mass is 16.2. The van der Waals surface area contributed by atoms with Gasteiger partial charge in [0.05, 0.1) is 0 Å². The van der Waals surface area contributed by atoms with Crippen LogP contribution in [0.3, 0.4) is 0 Å². The average molecular weight is 328 g/mol. The third kappa shape index (κ3) is 3.13. The van der Waals surface area contributed by atoms with Crippen LogP contribution in [0.1, 0.15) is 44.1 Å². The van der Waals surface area contributed by atoms with Crippen LogP contribution in [0.2, 0.25) is 0 Å². The molecule has 4 rings (SSSR count). The van der Waals surface area contributed by atoms with Gasteiger partial charge in [0.15, 0.2) is 0 Å². The Morgan fingerprint density at radius 2 is 1.58 bits per heavy atom. The zero-order valence-corrected chi connectivity index (χ0v) is 14.7. The normalized spacial score (nSPS) is 28.0. The molecule has 1 amide bonds. The molecule has 3 heterocycles. The smallest absolute Gasteiger partial charge is 0.225 e. The Morgan fingerprint density at radius 1 is 1.00 bits per heavy atom. The van der Waals surface area contributed by atoms with E-state index >= 15 is 0 Å². The van der Waals surface area contributed by atoms with E-state index in [0.29, 0.717) is 5.91 Å². The summed E-state index contributed by atoms with van der Waals surface area (Å²) in [6.07, 6.45) is 11.0. The first-order valence-corrected chi connectivity index (χ1v) is 9.53. The van der Waals surface area contributed by atoms with E-state index in [4.69, 9.17) is 0 Å². The summed E-state index contributed by atoms with van der Waals surface area (Å²) in [6, 6.07) is 0. The first-order valence-electron chi connectivity index (χ1n) is 9.53. The van der Waals surface area contributed by atoms with Crippen LogP contribution in [-0.4, -0.2) is 47.0 Å². The predicted molar refractivity (Wildman–Crippen MR) is 93.7 cm³/mol. The summed E-state index contributed by atoms with van der Waals surface area (Å²) in [6.45, 7) is 5.82. The lowest BCUT2D eigenvalue weighted by molar-refractivity contribution is -0.135. The third-order valence-corrected chi connectivity index (χ3v) is 6.18. The molecule has 3 fully saturated rings. The first kappa shape index (κ1) is 15.9. The Labute approximate surface area is 144 Å². The topological polar surface area (TPSA) is 49.3 Å². The van der Waals surface area contributed by atoms with Gasteiger partial charge in [-0.25, -0.2) is 9.97 Å². The Morgan fingerprint density at radius 3 is 2.17 bits per heavy atom. The molecule has 1 aromatic rings. The van der Waals surface area contributed by atoms with E-state index in [9.17, 15) is 4.79 Å². The van der Waals surface area contributed by atoms with Gasteiger partial charge in [0, 0.05) is 44.5 Å². The summed E-state index contributed by atoms with van der Waals surface area (Å²) in [4.78, 5) is 26.1. The number of rotatable bonds is 2. The Hall–Kier alpha value is -1.65. The molecule has 1 saturated carbocycles. The van der Waals surface area contributed by atoms with E-state index in [-0.39, 0.29) is 5.92 Å². The second-order valence-corrected chi connectivity index (χ2v) is 7.87. The molecule has 2 unspecified atom stereocenters. The molecule has 1 aliphatic carbocycles. The van der Waals surface area contributed by atoms with Gasteiger partial charge in [0.25, 0.3) is 0 Å². The lowest BCUT2D eigenvalue weighted by Crippen LogP contribution is -2.42. The summed E-state index contributed by atoms with van der Waals surface area (Å²) in [5.41, 5.74) is 1.08. The molecule has 0 radical (unpaired) electrons. The molecule has 2 atom stereocenters. The number of carbonyl (C=O) groups excluding carboxylic acids is 1. The molecule has 0 bridgehead atoms. The fourth-order valence-corrected chi connectivity index (χ4v) is 4.72. The zero-order valence-electron chi connectivity index (χ0n) is 14.7. The van der Waals surface area contributed by atoms with Crippen LogP contribution in [0, 0.1) is 24.7 Å². The van der Waals surface area contributed by atoms with Crippen molar-refractivity contribution < 1.29 is 4.79 Å². The molecule has 0 spiro atoms. The molecule has 0 N–H and O–H groups in total. The second-order valence-electron chi connectivity index (χ2n) is 7.87. The lowest BCUT2D eigenvalue weighted by atomic mass is 9.82. The van der Waals surface area contributed by atoms with Crippen molar-refractivity contribution in [3.8, 4) is 0 Å². The molecule has 1 aromatic heterocycles. The molecule has 2 aliphatic heterocycles. The second kappa shape index (κ2) is 6.69. The van der Waals surface area contributed by atoms with Gasteiger partial charge >= 0.3 is 0 Å². The van der Waals surface area contributed by atoms with Gasteiger partial charge in [-0.1, -0.05) is 12.8 Å². The van der Waals surface area contributed by atoms with Crippen molar-refractivity contribution in [3.63, 3.8) is 0 Å². The van der Waals surface area contributed by atoms with Crippen molar-refractivity contribution in [2.45, 2.75) is 45.4 Å². The van der Waals surface area contributed by atoms with E-state index in [1.54, 1.807) is 0 Å². The first-order chi connectivity index (χ1) is 11.7. The van der Waals surface area contributed by atoms with Crippen LogP contribution in [0.5, 0.6) is 0 Å². The fourth-order valence-electron chi connectivity index (χ4n) is 4.72. The summed E-state index contributed by atoms with van der Waals surface area (Å²) in [7, 11) is 0. The summed E-state index contributed by atoms with van der Waals surface area (Å²) < 4.78 is 0. The number of fused-ring (bicyclic) bond motifs is 1. The van der Waals surface area contributed by atoms with E-state index < -0.39 is 0 Å². The van der Waals surface area contributed by atoms with E-state index in [1.165, 1.54) is 25.7 Å². The predicted octanol–water partition coefficient (Wildman–Crippen LogP) is 2.65. The van der Waals surface area contributed by atoms with Gasteiger partial charge < -0.3 is 9.80 Å². The molecule has 5 heteroatoms. The van der Waals surface area contributed by atoms with Crippen molar-refractivity contribution in [2.24, 2.45) is 17.8 Å². The standard InChI is InChI=1S/C19H28N4O/c1-14-10-20-19(21-11-14)22-8-6-15(7-9-22)18(24)23-12-16-4-2-3-5-17(16)13-23/h10-11,15-17H,2-9,12-13H2,1H3. The molecular weight excluding hydrogens is 300 g/mol. The molecule has 2 saturated heterocycles. The van der Waals surface area contributed by atoms with Gasteiger partial charge in [0.2, 0.25) is 11.9 Å². The Bertz CT molecular complexity index is 566. The zero-order chi connectivity index (χ0) is 16.5. The molecular formula is C19H28N4O. The van der Waals surface area contributed by atoms with Crippen molar-refractivity contribution in [3.05, 3.63) is 18.0 Å². The number of anilines is 1. The van der Waals surface area contributed by atoms with Crippen molar-refractivity contribution in [1.29, 1.82) is 0 Å².